The van der Waals surface area contributed by atoms with E-state index in [-0.39, 0.29) is 11.9 Å². The number of hydrogen-bond donors (Lipinski definition) is 2. The van der Waals surface area contributed by atoms with Crippen molar-refractivity contribution in [1.82, 2.24) is 29.3 Å². The van der Waals surface area contributed by atoms with Crippen molar-refractivity contribution in [3.05, 3.63) is 73.4 Å². The van der Waals surface area contributed by atoms with Crippen molar-refractivity contribution in [3.63, 3.8) is 0 Å². The highest BCUT2D eigenvalue weighted by Gasteiger charge is 2.27. The Hall–Kier alpha value is -4.44. The molecule has 0 radical (unpaired) electrons. The Kier molecular flexibility index (Phi) is 7.33. The summed E-state index contributed by atoms with van der Waals surface area (Å²) in [5.41, 5.74) is 4.59. The van der Waals surface area contributed by atoms with E-state index in [0.29, 0.717) is 19.0 Å². The van der Waals surface area contributed by atoms with Gasteiger partial charge in [0.2, 0.25) is 17.8 Å². The molecule has 6 rings (SSSR count). The first-order valence-corrected chi connectivity index (χ1v) is 13.9. The van der Waals surface area contributed by atoms with E-state index in [0.717, 1.165) is 67.5 Å². The molecule has 0 aliphatic carbocycles. The number of fused-ring (bicyclic) bond motifs is 1. The van der Waals surface area contributed by atoms with Gasteiger partial charge in [0.15, 0.2) is 5.65 Å². The van der Waals surface area contributed by atoms with Gasteiger partial charge in [0.05, 0.1) is 6.20 Å². The van der Waals surface area contributed by atoms with E-state index in [4.69, 9.17) is 9.97 Å². The molecular weight excluding hydrogens is 502 g/mol. The molecule has 0 bridgehead atoms. The van der Waals surface area contributed by atoms with E-state index >= 15 is 0 Å². The number of likely N-dealkylation sites (N-methyl/N-ethyl adjacent to an activating group) is 1. The van der Waals surface area contributed by atoms with E-state index in [1.165, 1.54) is 11.8 Å². The minimum absolute atomic E-state index is 0.0241. The lowest BCUT2D eigenvalue weighted by molar-refractivity contribution is -0.127. The molecule has 0 unspecified atom stereocenters. The fourth-order valence-electron chi connectivity index (χ4n) is 5.46. The van der Waals surface area contributed by atoms with Crippen LogP contribution in [0.4, 0.5) is 29.0 Å². The van der Waals surface area contributed by atoms with Gasteiger partial charge in [0, 0.05) is 62.4 Å². The molecule has 2 fully saturated rings. The molecule has 2 saturated heterocycles. The molecule has 0 atom stereocenters. The lowest BCUT2D eigenvalue weighted by Crippen LogP contribution is -2.44. The Morgan fingerprint density at radius 1 is 0.900 bits per heavy atom. The number of rotatable bonds is 7. The molecule has 2 aliphatic rings. The molecule has 2 aromatic carbocycles. The van der Waals surface area contributed by atoms with E-state index in [1.54, 1.807) is 6.20 Å². The maximum absolute atomic E-state index is 12.2. The minimum atomic E-state index is -0.0241. The number of hydrogen-bond acceptors (Lipinski definition) is 8. The first-order valence-electron chi connectivity index (χ1n) is 13.9. The summed E-state index contributed by atoms with van der Waals surface area (Å²) in [4.78, 5) is 33.1. The molecule has 1 amide bonds. The number of imidazole rings is 1. The number of amides is 1. The van der Waals surface area contributed by atoms with Crippen LogP contribution in [0.2, 0.25) is 0 Å². The summed E-state index contributed by atoms with van der Waals surface area (Å²) in [6, 6.07) is 18.6. The molecule has 40 heavy (non-hydrogen) atoms. The van der Waals surface area contributed by atoms with Gasteiger partial charge >= 0.3 is 0 Å². The van der Waals surface area contributed by atoms with Crippen molar-refractivity contribution in [1.29, 1.82) is 0 Å². The molecule has 10 heteroatoms. The van der Waals surface area contributed by atoms with Gasteiger partial charge in [-0.3, -0.25) is 9.36 Å². The average Bonchev–Trinajstić information content (AvgIpc) is 3.35. The Labute approximate surface area is 234 Å². The van der Waals surface area contributed by atoms with E-state index < -0.39 is 0 Å². The Morgan fingerprint density at radius 3 is 2.30 bits per heavy atom. The number of piperazine rings is 1. The second-order valence-corrected chi connectivity index (χ2v) is 10.4. The normalized spacial score (nSPS) is 16.7. The maximum atomic E-state index is 12.2. The van der Waals surface area contributed by atoms with Crippen molar-refractivity contribution in [2.75, 3.05) is 61.8 Å². The monoisotopic (exact) mass is 537 g/mol. The second-order valence-electron chi connectivity index (χ2n) is 10.4. The third kappa shape index (κ3) is 5.48. The predicted molar refractivity (Wildman–Crippen MR) is 160 cm³/mol. The van der Waals surface area contributed by atoms with Gasteiger partial charge in [-0.1, -0.05) is 24.8 Å². The molecule has 4 heterocycles. The highest BCUT2D eigenvalue weighted by atomic mass is 16.2. The number of carbonyl (C=O) groups excluding carboxylic acids is 1. The topological polar surface area (TPSA) is 94.4 Å². The van der Waals surface area contributed by atoms with Gasteiger partial charge in [0.25, 0.3) is 0 Å². The van der Waals surface area contributed by atoms with Crippen molar-refractivity contribution in [3.8, 4) is 0 Å². The van der Waals surface area contributed by atoms with Gasteiger partial charge < -0.3 is 25.3 Å². The summed E-state index contributed by atoms with van der Waals surface area (Å²) in [6.45, 7) is 9.18. The van der Waals surface area contributed by atoms with Crippen molar-refractivity contribution >= 4 is 46.0 Å². The first kappa shape index (κ1) is 25.8. The van der Waals surface area contributed by atoms with Crippen LogP contribution in [0.1, 0.15) is 18.9 Å². The SMILES string of the molecule is C=CC(=O)N1CCC(n2c(Nc3ccccc3)nc3cnc(Nc4ccc(N5CCN(C)CC5)cc4)nc32)CC1. The molecule has 10 nitrogen and oxygen atoms in total. The highest BCUT2D eigenvalue weighted by Crippen LogP contribution is 2.32. The van der Waals surface area contributed by atoms with Crippen LogP contribution in [0.15, 0.2) is 73.4 Å². The van der Waals surface area contributed by atoms with E-state index in [1.807, 2.05) is 35.2 Å². The van der Waals surface area contributed by atoms with Gasteiger partial charge in [-0.2, -0.15) is 4.98 Å². The van der Waals surface area contributed by atoms with Crippen molar-refractivity contribution < 1.29 is 4.79 Å². The molecule has 0 saturated carbocycles. The van der Waals surface area contributed by atoms with Gasteiger partial charge in [-0.25, -0.2) is 9.97 Å². The molecule has 206 valence electrons. The zero-order chi connectivity index (χ0) is 27.5. The fraction of sp³-hybridized carbons (Fsp3) is 0.333. The summed E-state index contributed by atoms with van der Waals surface area (Å²) in [6.07, 6.45) is 4.76. The average molecular weight is 538 g/mol. The molecular formula is C30H35N9O. The summed E-state index contributed by atoms with van der Waals surface area (Å²) in [7, 11) is 2.17. The third-order valence-corrected chi connectivity index (χ3v) is 7.77. The standard InChI is InChI=1S/C30H35N9O/c1-3-27(40)38-15-13-25(14-16-38)39-28-26(34-30(39)33-22-7-5-4-6-8-22)21-31-29(35-28)32-23-9-11-24(12-10-23)37-19-17-36(2)18-20-37/h3-12,21,25H,1,13-20H2,2H3,(H,33,34)(H,31,32,35). The van der Waals surface area contributed by atoms with Crippen LogP contribution in [0.5, 0.6) is 0 Å². The van der Waals surface area contributed by atoms with Crippen molar-refractivity contribution in [2.45, 2.75) is 18.9 Å². The Balaban J connectivity index is 1.26. The number of carbonyl (C=O) groups is 1. The van der Waals surface area contributed by atoms with Gasteiger partial charge in [-0.05, 0) is 62.4 Å². The Bertz CT molecular complexity index is 1470. The fourth-order valence-corrected chi connectivity index (χ4v) is 5.46. The third-order valence-electron chi connectivity index (χ3n) is 7.77. The number of para-hydroxylation sites is 1. The number of aromatic nitrogens is 4. The number of piperidine rings is 1. The van der Waals surface area contributed by atoms with E-state index in [9.17, 15) is 4.79 Å². The number of nitrogens with one attached hydrogen (secondary N) is 2. The minimum Gasteiger partial charge on any atom is -0.369 e. The van der Waals surface area contributed by atoms with Crippen molar-refractivity contribution in [2.24, 2.45) is 0 Å². The lowest BCUT2D eigenvalue weighted by Gasteiger charge is -2.34. The highest BCUT2D eigenvalue weighted by molar-refractivity contribution is 5.87. The zero-order valence-corrected chi connectivity index (χ0v) is 22.8. The van der Waals surface area contributed by atoms with E-state index in [2.05, 4.69) is 67.9 Å². The van der Waals surface area contributed by atoms with Crippen LogP contribution in [-0.2, 0) is 4.79 Å². The van der Waals surface area contributed by atoms with Crippen LogP contribution in [0.3, 0.4) is 0 Å². The quantitative estimate of drug-likeness (QED) is 0.335. The Morgan fingerprint density at radius 2 is 1.60 bits per heavy atom. The molecule has 2 aromatic heterocycles. The lowest BCUT2D eigenvalue weighted by atomic mass is 10.0. The van der Waals surface area contributed by atoms with Crippen LogP contribution in [0, 0.1) is 0 Å². The van der Waals surface area contributed by atoms with Gasteiger partial charge in [0.1, 0.15) is 5.52 Å². The molecule has 2 N–H and O–H groups in total. The number of benzene rings is 2. The number of likely N-dealkylation sites (tertiary alicyclic amines) is 1. The summed E-state index contributed by atoms with van der Waals surface area (Å²) >= 11 is 0. The smallest absolute Gasteiger partial charge is 0.245 e. The first-order chi connectivity index (χ1) is 19.6. The molecule has 2 aliphatic heterocycles. The summed E-state index contributed by atoms with van der Waals surface area (Å²) in [5.74, 6) is 1.22. The predicted octanol–water partition coefficient (Wildman–Crippen LogP) is 4.41. The molecule has 4 aromatic rings. The van der Waals surface area contributed by atoms with Crippen LogP contribution in [-0.4, -0.2) is 81.5 Å². The number of anilines is 5. The summed E-state index contributed by atoms with van der Waals surface area (Å²) < 4.78 is 2.17. The van der Waals surface area contributed by atoms with Crippen LogP contribution < -0.4 is 15.5 Å². The second kappa shape index (κ2) is 11.4. The maximum Gasteiger partial charge on any atom is 0.245 e. The number of nitrogens with zero attached hydrogens (tertiary/aromatic N) is 7. The van der Waals surface area contributed by atoms with Crippen LogP contribution in [0.25, 0.3) is 11.2 Å². The molecule has 0 spiro atoms. The van der Waals surface area contributed by atoms with Crippen LogP contribution >= 0.6 is 0 Å². The van der Waals surface area contributed by atoms with Gasteiger partial charge in [-0.15, -0.1) is 0 Å². The summed E-state index contributed by atoms with van der Waals surface area (Å²) in [5, 5.41) is 6.85. The largest absolute Gasteiger partial charge is 0.369 e. The zero-order valence-electron chi connectivity index (χ0n) is 22.8.